The summed E-state index contributed by atoms with van der Waals surface area (Å²) in [5.74, 6) is -0.291. The fourth-order valence-corrected chi connectivity index (χ4v) is 3.15. The van der Waals surface area contributed by atoms with Crippen molar-refractivity contribution in [3.8, 4) is 22.6 Å². The van der Waals surface area contributed by atoms with Crippen LogP contribution in [0, 0.1) is 12.7 Å². The van der Waals surface area contributed by atoms with E-state index in [4.69, 9.17) is 5.10 Å². The molecule has 0 aliphatic carbocycles. The van der Waals surface area contributed by atoms with Crippen molar-refractivity contribution in [3.63, 3.8) is 0 Å². The molecule has 0 radical (unpaired) electrons. The lowest BCUT2D eigenvalue weighted by Crippen LogP contribution is -2.21. The number of imidazole rings is 2. The van der Waals surface area contributed by atoms with Crippen LogP contribution >= 0.6 is 0 Å². The van der Waals surface area contributed by atoms with Gasteiger partial charge in [0, 0.05) is 12.1 Å². The van der Waals surface area contributed by atoms with Crippen LogP contribution in [0.3, 0.4) is 0 Å². The minimum Gasteiger partial charge on any atom is -0.390 e. The molecule has 0 fully saturated rings. The summed E-state index contributed by atoms with van der Waals surface area (Å²) >= 11 is 0. The maximum Gasteiger partial charge on any atom is 0.153 e. The molecule has 28 heavy (non-hydrogen) atoms. The smallest absolute Gasteiger partial charge is 0.153 e. The van der Waals surface area contributed by atoms with Crippen LogP contribution in [0.15, 0.2) is 48.9 Å². The molecule has 4 rings (SSSR count). The summed E-state index contributed by atoms with van der Waals surface area (Å²) in [4.78, 5) is 8.90. The van der Waals surface area contributed by atoms with Gasteiger partial charge in [0.1, 0.15) is 11.5 Å². The number of hydrogen-bond donors (Lipinski definition) is 1. The minimum atomic E-state index is -0.796. The Labute approximate surface area is 162 Å². The van der Waals surface area contributed by atoms with Gasteiger partial charge in [0.15, 0.2) is 5.65 Å². The molecule has 0 aliphatic heterocycles. The maximum atomic E-state index is 13.4. The normalized spacial score (nSPS) is 12.0. The van der Waals surface area contributed by atoms with E-state index in [1.165, 1.54) is 12.1 Å². The number of nitrogens with zero attached hydrogens (tertiary/aromatic N) is 5. The van der Waals surface area contributed by atoms with Crippen molar-refractivity contribution < 1.29 is 9.50 Å². The number of aliphatic hydroxyl groups is 1. The highest BCUT2D eigenvalue weighted by atomic mass is 19.1. The second kappa shape index (κ2) is 6.83. The second-order valence-electron chi connectivity index (χ2n) is 7.59. The van der Waals surface area contributed by atoms with E-state index in [-0.39, 0.29) is 5.82 Å². The highest BCUT2D eigenvalue weighted by molar-refractivity contribution is 5.77. The Morgan fingerprint density at radius 3 is 2.54 bits per heavy atom. The molecule has 4 aromatic rings. The van der Waals surface area contributed by atoms with Gasteiger partial charge >= 0.3 is 0 Å². The maximum absolute atomic E-state index is 13.4. The molecule has 6 nitrogen and oxygen atoms in total. The zero-order valence-corrected chi connectivity index (χ0v) is 16.1. The zero-order chi connectivity index (χ0) is 19.9. The average molecular weight is 379 g/mol. The number of fused-ring (bicyclic) bond motifs is 1. The Bertz CT molecular complexity index is 1120. The highest BCUT2D eigenvalue weighted by Crippen LogP contribution is 2.31. The molecule has 0 aliphatic rings. The van der Waals surface area contributed by atoms with Gasteiger partial charge in [0.05, 0.1) is 35.2 Å². The first kappa shape index (κ1) is 18.3. The molecule has 0 bridgehead atoms. The van der Waals surface area contributed by atoms with E-state index in [1.54, 1.807) is 43.0 Å². The first-order valence-electron chi connectivity index (χ1n) is 9.17. The fourth-order valence-electron chi connectivity index (χ4n) is 3.15. The van der Waals surface area contributed by atoms with E-state index in [0.717, 1.165) is 34.0 Å². The number of aromatic nitrogens is 5. The third-order valence-electron chi connectivity index (χ3n) is 4.70. The molecule has 1 N–H and O–H groups in total. The van der Waals surface area contributed by atoms with E-state index in [9.17, 15) is 9.50 Å². The summed E-state index contributed by atoms with van der Waals surface area (Å²) in [5, 5.41) is 14.9. The third-order valence-corrected chi connectivity index (χ3v) is 4.70. The summed E-state index contributed by atoms with van der Waals surface area (Å²) in [7, 11) is 0. The predicted octanol–water partition coefficient (Wildman–Crippen LogP) is 3.87. The predicted molar refractivity (Wildman–Crippen MR) is 105 cm³/mol. The van der Waals surface area contributed by atoms with Crippen molar-refractivity contribution in [2.45, 2.75) is 39.3 Å². The van der Waals surface area contributed by atoms with Gasteiger partial charge in [-0.15, -0.1) is 0 Å². The van der Waals surface area contributed by atoms with E-state index < -0.39 is 5.60 Å². The molecule has 3 aromatic heterocycles. The van der Waals surface area contributed by atoms with Gasteiger partial charge in [-0.2, -0.15) is 5.10 Å². The van der Waals surface area contributed by atoms with Gasteiger partial charge < -0.3 is 9.67 Å². The summed E-state index contributed by atoms with van der Waals surface area (Å²) in [6, 6.07) is 10.1. The molecule has 3 heterocycles. The summed E-state index contributed by atoms with van der Waals surface area (Å²) in [5.41, 5.74) is 4.00. The van der Waals surface area contributed by atoms with Gasteiger partial charge in [0.25, 0.3) is 0 Å². The van der Waals surface area contributed by atoms with Crippen LogP contribution in [0.2, 0.25) is 0 Å². The number of rotatable bonds is 5. The van der Waals surface area contributed by atoms with Crippen LogP contribution in [0.25, 0.3) is 28.3 Å². The summed E-state index contributed by atoms with van der Waals surface area (Å²) < 4.78 is 17.2. The Morgan fingerprint density at radius 1 is 1.07 bits per heavy atom. The van der Waals surface area contributed by atoms with Gasteiger partial charge in [-0.05, 0) is 63.6 Å². The molecular weight excluding hydrogens is 357 g/mol. The number of hydrogen-bond acceptors (Lipinski definition) is 4. The van der Waals surface area contributed by atoms with Crippen molar-refractivity contribution in [2.75, 3.05) is 0 Å². The van der Waals surface area contributed by atoms with Gasteiger partial charge in [-0.1, -0.05) is 0 Å². The Balaban J connectivity index is 1.86. The number of benzene rings is 1. The largest absolute Gasteiger partial charge is 0.390 e. The molecule has 0 unspecified atom stereocenters. The van der Waals surface area contributed by atoms with Crippen LogP contribution in [-0.4, -0.2) is 34.9 Å². The van der Waals surface area contributed by atoms with Gasteiger partial charge in [-0.25, -0.2) is 18.9 Å². The fraction of sp³-hybridized carbons (Fsp3) is 0.286. The first-order valence-corrected chi connectivity index (χ1v) is 9.17. The van der Waals surface area contributed by atoms with Crippen LogP contribution < -0.4 is 0 Å². The second-order valence-corrected chi connectivity index (χ2v) is 7.59. The minimum absolute atomic E-state index is 0.291. The van der Waals surface area contributed by atoms with E-state index >= 15 is 0 Å². The van der Waals surface area contributed by atoms with Gasteiger partial charge in [-0.3, -0.25) is 0 Å². The lowest BCUT2D eigenvalue weighted by atomic mass is 10.1. The zero-order valence-electron chi connectivity index (χ0n) is 16.1. The van der Waals surface area contributed by atoms with Crippen molar-refractivity contribution >= 4 is 5.65 Å². The number of aryl methyl sites for hydroxylation is 2. The quantitative estimate of drug-likeness (QED) is 0.572. The number of halogens is 1. The lowest BCUT2D eigenvalue weighted by molar-refractivity contribution is 0.0663. The van der Waals surface area contributed by atoms with Crippen molar-refractivity contribution in [3.05, 3.63) is 60.4 Å². The summed E-state index contributed by atoms with van der Waals surface area (Å²) in [6.07, 6.45) is 4.08. The topological polar surface area (TPSA) is 68.2 Å². The molecule has 0 spiro atoms. The Kier molecular flexibility index (Phi) is 4.47. The summed E-state index contributed by atoms with van der Waals surface area (Å²) in [6.45, 7) is 6.09. The van der Waals surface area contributed by atoms with Crippen LogP contribution in [0.1, 0.15) is 26.0 Å². The Morgan fingerprint density at radius 2 is 1.82 bits per heavy atom. The van der Waals surface area contributed by atoms with E-state index in [1.807, 2.05) is 23.6 Å². The standard InChI is InChI=1S/C21H22FN5O/c1-14-12-23-18-9-8-17(25-27(14)18)20-19(15-4-6-16(22)7-5-15)24-13-26(20)11-10-21(2,3)28/h4-9,12-13,28H,10-11H2,1-3H3. The SMILES string of the molecule is Cc1cnc2ccc(-c3c(-c4ccc(F)cc4)ncn3CCC(C)(C)O)nn12. The molecule has 1 aromatic carbocycles. The molecule has 0 atom stereocenters. The highest BCUT2D eigenvalue weighted by Gasteiger charge is 2.20. The molecule has 0 saturated heterocycles. The lowest BCUT2D eigenvalue weighted by Gasteiger charge is -2.18. The molecular formula is C21H22FN5O. The van der Waals surface area contributed by atoms with Crippen molar-refractivity contribution in [1.82, 2.24) is 24.1 Å². The van der Waals surface area contributed by atoms with Crippen LogP contribution in [-0.2, 0) is 6.54 Å². The molecule has 0 amide bonds. The first-order chi connectivity index (χ1) is 13.3. The Hall–Kier alpha value is -3.06. The molecule has 7 heteroatoms. The van der Waals surface area contributed by atoms with Gasteiger partial charge in [0.2, 0.25) is 0 Å². The monoisotopic (exact) mass is 379 g/mol. The van der Waals surface area contributed by atoms with Crippen molar-refractivity contribution in [1.29, 1.82) is 0 Å². The average Bonchev–Trinajstić information content (AvgIpc) is 3.24. The third kappa shape index (κ3) is 3.53. The van der Waals surface area contributed by atoms with Crippen LogP contribution in [0.5, 0.6) is 0 Å². The van der Waals surface area contributed by atoms with Crippen LogP contribution in [0.4, 0.5) is 4.39 Å². The van der Waals surface area contributed by atoms with E-state index in [2.05, 4.69) is 9.97 Å². The van der Waals surface area contributed by atoms with E-state index in [0.29, 0.717) is 13.0 Å². The molecule has 144 valence electrons. The van der Waals surface area contributed by atoms with Crippen molar-refractivity contribution in [2.24, 2.45) is 0 Å². The molecule has 0 saturated carbocycles.